The van der Waals surface area contributed by atoms with Gasteiger partial charge in [-0.15, -0.1) is 0 Å². The smallest absolute Gasteiger partial charge is 0.251 e. The summed E-state index contributed by atoms with van der Waals surface area (Å²) in [5.74, 6) is 1.47. The summed E-state index contributed by atoms with van der Waals surface area (Å²) in [7, 11) is 7.35. The van der Waals surface area contributed by atoms with Gasteiger partial charge in [0.25, 0.3) is 5.91 Å². The molecular weight excluding hydrogens is 366 g/mol. The molecule has 0 saturated heterocycles. The third-order valence-corrected chi connectivity index (χ3v) is 4.34. The molecule has 2 rings (SSSR count). The Morgan fingerprint density at radius 2 is 1.69 bits per heavy atom. The maximum atomic E-state index is 12.3. The predicted octanol–water partition coefficient (Wildman–Crippen LogP) is 1.85. The third-order valence-electron chi connectivity index (χ3n) is 4.34. The van der Waals surface area contributed by atoms with Crippen LogP contribution in [0.5, 0.6) is 5.75 Å². The molecule has 2 aromatic rings. The average molecular weight is 398 g/mol. The zero-order valence-corrected chi connectivity index (χ0v) is 17.7. The molecule has 0 spiro atoms. The first-order chi connectivity index (χ1) is 14.0. The van der Waals surface area contributed by atoms with E-state index in [2.05, 4.69) is 20.9 Å². The maximum absolute atomic E-state index is 12.3. The Balaban J connectivity index is 1.84. The van der Waals surface area contributed by atoms with Crippen LogP contribution in [0.4, 0.5) is 0 Å². The number of ether oxygens (including phenoxy) is 1. The molecule has 3 N–H and O–H groups in total. The van der Waals surface area contributed by atoms with Gasteiger partial charge < -0.3 is 25.6 Å². The summed E-state index contributed by atoms with van der Waals surface area (Å²) in [5.41, 5.74) is 2.80. The molecule has 156 valence electrons. The van der Waals surface area contributed by atoms with E-state index in [4.69, 9.17) is 4.74 Å². The number of nitrogens with zero attached hydrogens (tertiary/aromatic N) is 2. The van der Waals surface area contributed by atoms with E-state index in [-0.39, 0.29) is 5.91 Å². The molecule has 0 radical (unpaired) electrons. The van der Waals surface area contributed by atoms with Gasteiger partial charge >= 0.3 is 0 Å². The summed E-state index contributed by atoms with van der Waals surface area (Å²) in [6, 6.07) is 15.5. The molecule has 0 saturated carbocycles. The summed E-state index contributed by atoms with van der Waals surface area (Å²) >= 11 is 0. The van der Waals surface area contributed by atoms with Crippen molar-refractivity contribution in [2.75, 3.05) is 41.3 Å². The summed E-state index contributed by atoms with van der Waals surface area (Å²) < 4.78 is 5.17. The summed E-state index contributed by atoms with van der Waals surface area (Å²) in [6.07, 6.45) is 0. The minimum Gasteiger partial charge on any atom is -0.497 e. The topological polar surface area (TPSA) is 78.0 Å². The first-order valence-electron chi connectivity index (χ1n) is 9.61. The Morgan fingerprint density at radius 3 is 2.31 bits per heavy atom. The molecule has 0 aliphatic carbocycles. The summed E-state index contributed by atoms with van der Waals surface area (Å²) in [4.78, 5) is 18.6. The quantitative estimate of drug-likeness (QED) is 0.445. The maximum Gasteiger partial charge on any atom is 0.251 e. The predicted molar refractivity (Wildman–Crippen MR) is 117 cm³/mol. The highest BCUT2D eigenvalue weighted by atomic mass is 16.5. The Labute approximate surface area is 173 Å². The standard InChI is InChI=1S/C22H31N5O2/c1-23-22(25-15-17-8-10-20(29-4)11-9-17)26-16-18-6-5-7-19(14-18)21(28)24-12-13-27(2)3/h5-11,14H,12-13,15-16H2,1-4H3,(H,24,28)(H2,23,25,26). The number of methoxy groups -OCH3 is 1. The van der Waals surface area contributed by atoms with Crippen LogP contribution in [-0.4, -0.2) is 58.1 Å². The molecule has 0 atom stereocenters. The van der Waals surface area contributed by atoms with E-state index >= 15 is 0 Å². The van der Waals surface area contributed by atoms with Crippen LogP contribution in [0, 0.1) is 0 Å². The molecular formula is C22H31N5O2. The lowest BCUT2D eigenvalue weighted by molar-refractivity contribution is 0.0951. The number of hydrogen-bond acceptors (Lipinski definition) is 4. The number of amides is 1. The van der Waals surface area contributed by atoms with Crippen LogP contribution >= 0.6 is 0 Å². The zero-order valence-electron chi connectivity index (χ0n) is 17.7. The zero-order chi connectivity index (χ0) is 21.1. The van der Waals surface area contributed by atoms with Gasteiger partial charge in [0.2, 0.25) is 0 Å². The highest BCUT2D eigenvalue weighted by Gasteiger charge is 2.06. The van der Waals surface area contributed by atoms with Gasteiger partial charge in [0.15, 0.2) is 5.96 Å². The molecule has 1 amide bonds. The van der Waals surface area contributed by atoms with Crippen molar-refractivity contribution in [3.8, 4) is 5.75 Å². The van der Waals surface area contributed by atoms with Gasteiger partial charge in [-0.3, -0.25) is 9.79 Å². The van der Waals surface area contributed by atoms with Crippen LogP contribution in [-0.2, 0) is 13.1 Å². The van der Waals surface area contributed by atoms with Crippen LogP contribution < -0.4 is 20.7 Å². The Morgan fingerprint density at radius 1 is 1.00 bits per heavy atom. The van der Waals surface area contributed by atoms with Gasteiger partial charge in [-0.2, -0.15) is 0 Å². The van der Waals surface area contributed by atoms with Crippen molar-refractivity contribution < 1.29 is 9.53 Å². The first-order valence-corrected chi connectivity index (χ1v) is 9.61. The van der Waals surface area contributed by atoms with E-state index in [1.54, 1.807) is 14.2 Å². The van der Waals surface area contributed by atoms with E-state index in [1.165, 1.54) is 0 Å². The molecule has 0 bridgehead atoms. The monoisotopic (exact) mass is 397 g/mol. The summed E-state index contributed by atoms with van der Waals surface area (Å²) in [5, 5.41) is 9.50. The second-order valence-corrected chi connectivity index (χ2v) is 6.89. The molecule has 0 unspecified atom stereocenters. The van der Waals surface area contributed by atoms with Crippen molar-refractivity contribution in [3.05, 3.63) is 65.2 Å². The molecule has 2 aromatic carbocycles. The summed E-state index contributed by atoms with van der Waals surface area (Å²) in [6.45, 7) is 2.65. The number of aliphatic imine (C=N–C) groups is 1. The number of benzene rings is 2. The molecule has 29 heavy (non-hydrogen) atoms. The fourth-order valence-electron chi connectivity index (χ4n) is 2.65. The van der Waals surface area contributed by atoms with E-state index in [0.717, 1.165) is 23.4 Å². The number of carbonyl (C=O) groups is 1. The number of carbonyl (C=O) groups excluding carboxylic acids is 1. The third kappa shape index (κ3) is 7.83. The van der Waals surface area contributed by atoms with E-state index in [9.17, 15) is 4.79 Å². The highest BCUT2D eigenvalue weighted by Crippen LogP contribution is 2.11. The van der Waals surface area contributed by atoms with Crippen molar-refractivity contribution in [1.29, 1.82) is 0 Å². The average Bonchev–Trinajstić information content (AvgIpc) is 2.74. The van der Waals surface area contributed by atoms with Crippen LogP contribution in [0.2, 0.25) is 0 Å². The van der Waals surface area contributed by atoms with Crippen LogP contribution in [0.15, 0.2) is 53.5 Å². The number of rotatable bonds is 9. The van der Waals surface area contributed by atoms with Gasteiger partial charge in [-0.1, -0.05) is 24.3 Å². The molecule has 0 aliphatic heterocycles. The number of hydrogen-bond donors (Lipinski definition) is 3. The van der Waals surface area contributed by atoms with Crippen molar-refractivity contribution in [1.82, 2.24) is 20.9 Å². The molecule has 0 heterocycles. The molecule has 7 nitrogen and oxygen atoms in total. The van der Waals surface area contributed by atoms with Gasteiger partial charge in [0.1, 0.15) is 5.75 Å². The highest BCUT2D eigenvalue weighted by molar-refractivity contribution is 5.94. The van der Waals surface area contributed by atoms with E-state index in [0.29, 0.717) is 31.2 Å². The number of nitrogens with one attached hydrogen (secondary N) is 3. The van der Waals surface area contributed by atoms with Crippen molar-refractivity contribution in [2.24, 2.45) is 4.99 Å². The van der Waals surface area contributed by atoms with E-state index in [1.807, 2.05) is 67.5 Å². The van der Waals surface area contributed by atoms with Gasteiger partial charge in [0, 0.05) is 38.8 Å². The fourth-order valence-corrected chi connectivity index (χ4v) is 2.65. The fraction of sp³-hybridized carbons (Fsp3) is 0.364. The Hall–Kier alpha value is -3.06. The normalized spacial score (nSPS) is 11.3. The van der Waals surface area contributed by atoms with Gasteiger partial charge in [-0.25, -0.2) is 0 Å². The number of likely N-dealkylation sites (N-methyl/N-ethyl adjacent to an activating group) is 1. The molecule has 0 aliphatic rings. The van der Waals surface area contributed by atoms with Crippen molar-refractivity contribution in [2.45, 2.75) is 13.1 Å². The second kappa shape index (κ2) is 11.7. The second-order valence-electron chi connectivity index (χ2n) is 6.89. The lowest BCUT2D eigenvalue weighted by Crippen LogP contribution is -2.36. The van der Waals surface area contributed by atoms with Crippen LogP contribution in [0.25, 0.3) is 0 Å². The Bertz CT molecular complexity index is 803. The molecule has 0 aromatic heterocycles. The van der Waals surface area contributed by atoms with Crippen LogP contribution in [0.3, 0.4) is 0 Å². The lowest BCUT2D eigenvalue weighted by Gasteiger charge is -2.13. The lowest BCUT2D eigenvalue weighted by atomic mass is 10.1. The largest absolute Gasteiger partial charge is 0.497 e. The van der Waals surface area contributed by atoms with Crippen LogP contribution in [0.1, 0.15) is 21.5 Å². The molecule has 7 heteroatoms. The molecule has 0 fully saturated rings. The number of guanidine groups is 1. The Kier molecular flexibility index (Phi) is 8.98. The van der Waals surface area contributed by atoms with Gasteiger partial charge in [-0.05, 0) is 49.5 Å². The SMILES string of the molecule is CN=C(NCc1ccc(OC)cc1)NCc1cccc(C(=O)NCCN(C)C)c1. The van der Waals surface area contributed by atoms with E-state index < -0.39 is 0 Å². The van der Waals surface area contributed by atoms with Gasteiger partial charge in [0.05, 0.1) is 7.11 Å². The first kappa shape index (κ1) is 22.2. The van der Waals surface area contributed by atoms with Crippen molar-refractivity contribution in [3.63, 3.8) is 0 Å². The minimum atomic E-state index is -0.0595. The van der Waals surface area contributed by atoms with Crippen molar-refractivity contribution >= 4 is 11.9 Å². The minimum absolute atomic E-state index is 0.0595.